The number of aryl methyl sites for hydroxylation is 2. The second-order valence-corrected chi connectivity index (χ2v) is 9.25. The molecule has 0 unspecified atom stereocenters. The van der Waals surface area contributed by atoms with Crippen LogP contribution in [0.2, 0.25) is 0 Å². The number of phenols is 1. The van der Waals surface area contributed by atoms with Crippen molar-refractivity contribution in [2.24, 2.45) is 5.92 Å². The predicted octanol–water partition coefficient (Wildman–Crippen LogP) is 7.31. The number of aromatic hydroxyl groups is 1. The van der Waals surface area contributed by atoms with E-state index in [9.17, 15) is 9.90 Å². The van der Waals surface area contributed by atoms with Crippen molar-refractivity contribution in [3.8, 4) is 11.5 Å². The summed E-state index contributed by atoms with van der Waals surface area (Å²) in [5.41, 5.74) is 4.55. The molecule has 0 saturated carbocycles. The molecule has 4 heteroatoms. The quantitative estimate of drug-likeness (QED) is 0.520. The molecular formula is C26H37NO3. The normalized spacial score (nSPS) is 11.4. The van der Waals surface area contributed by atoms with Crippen molar-refractivity contribution in [1.29, 1.82) is 0 Å². The highest BCUT2D eigenvalue weighted by Gasteiger charge is 2.23. The highest BCUT2D eigenvalue weighted by atomic mass is 16.6. The topological polar surface area (TPSA) is 49.8 Å². The Hall–Kier alpha value is -2.49. The van der Waals surface area contributed by atoms with Crippen LogP contribution in [0.1, 0.15) is 82.1 Å². The SMILES string of the molecule is Cc1ccc(C(C)C)c(OC(=O)N(CCC(C)C)c2cc(C(C)C)c(O)cc2C)c1. The van der Waals surface area contributed by atoms with Gasteiger partial charge in [0.15, 0.2) is 0 Å². The predicted molar refractivity (Wildman–Crippen MR) is 125 cm³/mol. The van der Waals surface area contributed by atoms with Crippen LogP contribution in [0.3, 0.4) is 0 Å². The maximum absolute atomic E-state index is 13.4. The van der Waals surface area contributed by atoms with E-state index in [1.807, 2.05) is 52.0 Å². The Morgan fingerprint density at radius 2 is 1.60 bits per heavy atom. The Morgan fingerprint density at radius 3 is 2.17 bits per heavy atom. The molecule has 1 amide bonds. The van der Waals surface area contributed by atoms with Crippen molar-refractivity contribution >= 4 is 11.8 Å². The van der Waals surface area contributed by atoms with Gasteiger partial charge in [-0.3, -0.25) is 4.90 Å². The van der Waals surface area contributed by atoms with Gasteiger partial charge in [-0.05, 0) is 78.5 Å². The number of hydrogen-bond acceptors (Lipinski definition) is 3. The molecule has 0 aliphatic rings. The molecule has 0 bridgehead atoms. The van der Waals surface area contributed by atoms with Gasteiger partial charge in [0.1, 0.15) is 11.5 Å². The van der Waals surface area contributed by atoms with E-state index in [0.717, 1.165) is 34.4 Å². The Morgan fingerprint density at radius 1 is 0.967 bits per heavy atom. The summed E-state index contributed by atoms with van der Waals surface area (Å²) in [7, 11) is 0. The second-order valence-electron chi connectivity index (χ2n) is 9.25. The first-order valence-electron chi connectivity index (χ1n) is 10.9. The van der Waals surface area contributed by atoms with E-state index >= 15 is 0 Å². The fourth-order valence-electron chi connectivity index (χ4n) is 3.50. The summed E-state index contributed by atoms with van der Waals surface area (Å²) in [5.74, 6) is 1.74. The lowest BCUT2D eigenvalue weighted by molar-refractivity contribution is 0.206. The van der Waals surface area contributed by atoms with Gasteiger partial charge in [-0.1, -0.05) is 53.7 Å². The van der Waals surface area contributed by atoms with Crippen LogP contribution in [0.25, 0.3) is 0 Å². The molecule has 1 N–H and O–H groups in total. The monoisotopic (exact) mass is 411 g/mol. The number of ether oxygens (including phenoxy) is 1. The van der Waals surface area contributed by atoms with Gasteiger partial charge in [-0.15, -0.1) is 0 Å². The molecule has 0 aliphatic heterocycles. The number of amides is 1. The average molecular weight is 412 g/mol. The zero-order valence-electron chi connectivity index (χ0n) is 19.7. The lowest BCUT2D eigenvalue weighted by atomic mass is 9.98. The molecule has 0 aromatic heterocycles. The van der Waals surface area contributed by atoms with E-state index in [4.69, 9.17) is 4.74 Å². The van der Waals surface area contributed by atoms with Gasteiger partial charge in [0.25, 0.3) is 0 Å². The van der Waals surface area contributed by atoms with Crippen LogP contribution in [-0.4, -0.2) is 17.7 Å². The van der Waals surface area contributed by atoms with Gasteiger partial charge < -0.3 is 9.84 Å². The third kappa shape index (κ3) is 5.78. The molecule has 0 heterocycles. The van der Waals surface area contributed by atoms with E-state index in [1.54, 1.807) is 11.0 Å². The van der Waals surface area contributed by atoms with Gasteiger partial charge in [0.05, 0.1) is 5.69 Å². The lowest BCUT2D eigenvalue weighted by Gasteiger charge is -2.27. The van der Waals surface area contributed by atoms with Crippen molar-refractivity contribution in [3.05, 3.63) is 52.6 Å². The molecule has 2 rings (SSSR count). The number of anilines is 1. The zero-order valence-corrected chi connectivity index (χ0v) is 19.7. The van der Waals surface area contributed by atoms with E-state index in [2.05, 4.69) is 27.7 Å². The molecule has 0 fully saturated rings. The Balaban J connectivity index is 2.47. The molecule has 0 atom stereocenters. The molecule has 0 radical (unpaired) electrons. The van der Waals surface area contributed by atoms with Crippen LogP contribution in [0.5, 0.6) is 11.5 Å². The van der Waals surface area contributed by atoms with E-state index in [0.29, 0.717) is 18.2 Å². The van der Waals surface area contributed by atoms with Crippen molar-refractivity contribution in [2.45, 2.75) is 73.6 Å². The van der Waals surface area contributed by atoms with Gasteiger partial charge in [-0.2, -0.15) is 0 Å². The van der Waals surface area contributed by atoms with Gasteiger partial charge in [0, 0.05) is 6.54 Å². The molecule has 2 aromatic rings. The molecule has 0 spiro atoms. The fourth-order valence-corrected chi connectivity index (χ4v) is 3.50. The summed E-state index contributed by atoms with van der Waals surface area (Å²) in [6.07, 6.45) is 0.476. The highest BCUT2D eigenvalue weighted by Crippen LogP contribution is 2.34. The smallest absolute Gasteiger partial charge is 0.419 e. The largest absolute Gasteiger partial charge is 0.508 e. The number of nitrogens with zero attached hydrogens (tertiary/aromatic N) is 1. The van der Waals surface area contributed by atoms with Crippen LogP contribution in [-0.2, 0) is 0 Å². The summed E-state index contributed by atoms with van der Waals surface area (Å²) in [6.45, 7) is 17.0. The van der Waals surface area contributed by atoms with Gasteiger partial charge in [-0.25, -0.2) is 4.79 Å². The number of carbonyl (C=O) groups excluding carboxylic acids is 1. The maximum Gasteiger partial charge on any atom is 0.419 e. The summed E-state index contributed by atoms with van der Waals surface area (Å²) in [6, 6.07) is 9.67. The van der Waals surface area contributed by atoms with E-state index in [1.165, 1.54) is 0 Å². The van der Waals surface area contributed by atoms with Crippen molar-refractivity contribution < 1.29 is 14.6 Å². The molecule has 4 nitrogen and oxygen atoms in total. The van der Waals surface area contributed by atoms with Crippen LogP contribution < -0.4 is 9.64 Å². The number of phenolic OH excluding ortho intramolecular Hbond substituents is 1. The van der Waals surface area contributed by atoms with Crippen LogP contribution in [0, 0.1) is 19.8 Å². The van der Waals surface area contributed by atoms with Crippen molar-refractivity contribution in [2.75, 3.05) is 11.4 Å². The third-order valence-electron chi connectivity index (χ3n) is 5.40. The molecule has 0 saturated heterocycles. The van der Waals surface area contributed by atoms with Gasteiger partial charge >= 0.3 is 6.09 Å². The summed E-state index contributed by atoms with van der Waals surface area (Å²) in [5, 5.41) is 10.4. The van der Waals surface area contributed by atoms with Crippen molar-refractivity contribution in [3.63, 3.8) is 0 Å². The second kappa shape index (κ2) is 10.0. The Kier molecular flexibility index (Phi) is 7.94. The van der Waals surface area contributed by atoms with Crippen molar-refractivity contribution in [1.82, 2.24) is 0 Å². The minimum atomic E-state index is -0.383. The molecule has 2 aromatic carbocycles. The summed E-state index contributed by atoms with van der Waals surface area (Å²) in [4.78, 5) is 15.1. The van der Waals surface area contributed by atoms with Crippen LogP contribution in [0.15, 0.2) is 30.3 Å². The molecule has 164 valence electrons. The van der Waals surface area contributed by atoms with E-state index in [-0.39, 0.29) is 23.7 Å². The summed E-state index contributed by atoms with van der Waals surface area (Å²) < 4.78 is 5.95. The standard InChI is InChI=1S/C26H37NO3/c1-16(2)11-12-27(23-15-22(18(5)6)24(28)14-20(23)8)26(29)30-25-13-19(7)9-10-21(25)17(3)4/h9-10,13-18,28H,11-12H2,1-8H3. The first kappa shape index (κ1) is 23.8. The Bertz CT molecular complexity index is 884. The van der Waals surface area contributed by atoms with E-state index < -0.39 is 0 Å². The number of hydrogen-bond donors (Lipinski definition) is 1. The van der Waals surface area contributed by atoms with Crippen LogP contribution >= 0.6 is 0 Å². The minimum Gasteiger partial charge on any atom is -0.508 e. The molecule has 0 aliphatic carbocycles. The van der Waals surface area contributed by atoms with Gasteiger partial charge in [0.2, 0.25) is 0 Å². The molecule has 30 heavy (non-hydrogen) atoms. The lowest BCUT2D eigenvalue weighted by Crippen LogP contribution is -2.36. The number of benzene rings is 2. The summed E-state index contributed by atoms with van der Waals surface area (Å²) >= 11 is 0. The minimum absolute atomic E-state index is 0.150. The third-order valence-corrected chi connectivity index (χ3v) is 5.40. The fraction of sp³-hybridized carbons (Fsp3) is 0.500. The molecular weight excluding hydrogens is 374 g/mol. The number of rotatable bonds is 7. The average Bonchev–Trinajstić information content (AvgIpc) is 2.62. The number of carbonyl (C=O) groups is 1. The first-order valence-corrected chi connectivity index (χ1v) is 10.9. The zero-order chi connectivity index (χ0) is 22.6. The Labute approximate surface area is 181 Å². The maximum atomic E-state index is 13.4. The first-order chi connectivity index (χ1) is 14.0. The highest BCUT2D eigenvalue weighted by molar-refractivity contribution is 5.90. The van der Waals surface area contributed by atoms with Crippen LogP contribution in [0.4, 0.5) is 10.5 Å².